The van der Waals surface area contributed by atoms with Crippen molar-refractivity contribution >= 4 is 17.5 Å². The van der Waals surface area contributed by atoms with E-state index < -0.39 is 24.6 Å². The van der Waals surface area contributed by atoms with Gasteiger partial charge in [-0.15, -0.1) is 0 Å². The summed E-state index contributed by atoms with van der Waals surface area (Å²) in [6.07, 6.45) is 1.35. The van der Waals surface area contributed by atoms with Crippen molar-refractivity contribution in [2.75, 3.05) is 19.7 Å². The lowest BCUT2D eigenvalue weighted by atomic mass is 10.0. The quantitative estimate of drug-likeness (QED) is 0.155. The van der Waals surface area contributed by atoms with Crippen LogP contribution in [0.4, 0.5) is 0 Å². The minimum absolute atomic E-state index is 0.0125. The summed E-state index contributed by atoms with van der Waals surface area (Å²) >= 11 is 0. The third-order valence-electron chi connectivity index (χ3n) is 7.65. The second kappa shape index (κ2) is 18.6. The van der Waals surface area contributed by atoms with E-state index in [2.05, 4.69) is 0 Å². The zero-order valence-corrected chi connectivity index (χ0v) is 25.8. The van der Waals surface area contributed by atoms with Crippen molar-refractivity contribution in [2.45, 2.75) is 109 Å². The van der Waals surface area contributed by atoms with Crippen LogP contribution in [-0.2, 0) is 20.7 Å². The van der Waals surface area contributed by atoms with Crippen LogP contribution in [0.5, 0.6) is 5.75 Å². The van der Waals surface area contributed by atoms with Crippen molar-refractivity contribution in [3.05, 3.63) is 65.1 Å². The largest absolute Gasteiger partial charge is 0.462 e. The molecule has 3 N–H and O–H groups in total. The zero-order valence-electron chi connectivity index (χ0n) is 29.8. The molecular formula is C35H49NO8. The van der Waals surface area contributed by atoms with Gasteiger partial charge in [-0.1, -0.05) is 68.4 Å². The van der Waals surface area contributed by atoms with E-state index in [1.807, 2.05) is 6.92 Å². The van der Waals surface area contributed by atoms with Gasteiger partial charge in [-0.3, -0.25) is 14.4 Å². The molecule has 4 atom stereocenters. The zero-order chi connectivity index (χ0) is 35.4. The van der Waals surface area contributed by atoms with Crippen molar-refractivity contribution in [3.8, 4) is 5.75 Å². The number of aliphatic hydroxyl groups is 3. The van der Waals surface area contributed by atoms with Crippen molar-refractivity contribution in [2.24, 2.45) is 0 Å². The fraction of sp³-hybridized carbons (Fsp3) is 0.571. The number of amides is 1. The van der Waals surface area contributed by atoms with E-state index in [-0.39, 0.29) is 78.6 Å². The average Bonchev–Trinajstić information content (AvgIpc) is 3.07. The lowest BCUT2D eigenvalue weighted by Crippen LogP contribution is -2.54. The van der Waals surface area contributed by atoms with E-state index in [9.17, 15) is 29.7 Å². The van der Waals surface area contributed by atoms with Gasteiger partial charge in [0.25, 0.3) is 0 Å². The molecule has 0 aromatic heterocycles. The summed E-state index contributed by atoms with van der Waals surface area (Å²) in [4.78, 5) is 40.2. The van der Waals surface area contributed by atoms with Gasteiger partial charge in [0.1, 0.15) is 29.8 Å². The highest BCUT2D eigenvalue weighted by atomic mass is 16.7. The molecule has 0 radical (unpaired) electrons. The molecule has 0 saturated carbocycles. The number of carbonyl (C=O) groups excluding carboxylic acids is 3. The number of Topliss-reactive ketones (excluding diaryl/α,β-unsaturated/α-hetero) is 2. The Hall–Kier alpha value is -3.11. The van der Waals surface area contributed by atoms with Crippen LogP contribution in [0.25, 0.3) is 0 Å². The van der Waals surface area contributed by atoms with Crippen molar-refractivity contribution < 1.29 is 44.7 Å². The van der Waals surface area contributed by atoms with Crippen molar-refractivity contribution in [1.29, 1.82) is 0 Å². The van der Waals surface area contributed by atoms with Gasteiger partial charge in [-0.2, -0.15) is 0 Å². The summed E-state index contributed by atoms with van der Waals surface area (Å²) in [5.74, 6) is 0.0436. The van der Waals surface area contributed by atoms with Crippen molar-refractivity contribution in [1.82, 2.24) is 4.90 Å². The summed E-state index contributed by atoms with van der Waals surface area (Å²) in [6.45, 7) is 4.24. The predicted molar refractivity (Wildman–Crippen MR) is 167 cm³/mol. The number of aliphatic hydroxyl groups excluding tert-OH is 3. The Labute approximate surface area is 266 Å². The van der Waals surface area contributed by atoms with Gasteiger partial charge in [0.05, 0.1) is 12.1 Å². The van der Waals surface area contributed by atoms with Crippen LogP contribution in [0.1, 0.15) is 98.1 Å². The fourth-order valence-corrected chi connectivity index (χ4v) is 4.95. The summed E-state index contributed by atoms with van der Waals surface area (Å²) in [5.41, 5.74) is 0.915. The van der Waals surface area contributed by atoms with Crippen LogP contribution in [0.15, 0.2) is 48.4 Å². The van der Waals surface area contributed by atoms with Crippen LogP contribution < -0.4 is 4.74 Å². The van der Waals surface area contributed by atoms with Crippen LogP contribution in [0.2, 0.25) is 0 Å². The molecule has 0 bridgehead atoms. The second-order valence-corrected chi connectivity index (χ2v) is 11.4. The number of hydrogen-bond acceptors (Lipinski definition) is 8. The highest BCUT2D eigenvalue weighted by Crippen LogP contribution is 2.21. The first kappa shape index (κ1) is 29.6. The number of rotatable bonds is 19. The summed E-state index contributed by atoms with van der Waals surface area (Å²) in [6, 6.07) is 5.71. The third-order valence-corrected chi connectivity index (χ3v) is 7.65. The molecule has 9 nitrogen and oxygen atoms in total. The fourth-order valence-electron chi connectivity index (χ4n) is 4.95. The molecule has 44 heavy (non-hydrogen) atoms. The number of unbranched alkanes of at least 4 members (excludes halogenated alkanes) is 5. The monoisotopic (exact) mass is 615 g/mol. The minimum atomic E-state index is -1.41. The smallest absolute Gasteiger partial charge is 0.228 e. The molecule has 2 aromatic rings. The van der Waals surface area contributed by atoms with Gasteiger partial charge in [0.2, 0.25) is 12.2 Å². The van der Waals surface area contributed by atoms with Crippen LogP contribution in [0.3, 0.4) is 0 Å². The Morgan fingerprint density at radius 2 is 1.66 bits per heavy atom. The van der Waals surface area contributed by atoms with E-state index in [4.69, 9.17) is 15.0 Å². The van der Waals surface area contributed by atoms with Gasteiger partial charge < -0.3 is 29.7 Å². The number of hydrogen-bond donors (Lipinski definition) is 3. The number of benzene rings is 2. The maximum Gasteiger partial charge on any atom is 0.228 e. The second-order valence-electron chi connectivity index (χ2n) is 11.4. The molecule has 1 amide bonds. The molecule has 242 valence electrons. The number of carbonyl (C=O) groups is 3. The number of ether oxygens (including phenoxy) is 2. The SMILES string of the molecule is [2H]c1c([2H])c(C)c([2H])c(C(=O)CCCCCCCN(CCC(=O)Cc2ccc(OC3OCC(O)C(O)C3O)cc2)C(=O)CCCC)c1[2H]. The highest BCUT2D eigenvalue weighted by molar-refractivity contribution is 5.96. The summed E-state index contributed by atoms with van der Waals surface area (Å²) in [5, 5.41) is 29.5. The standard InChI is InChI=1S/C35H49NO8/c1-3-4-14-32(40)36(20-9-7-5-6-8-13-30(38)27-12-10-11-25(2)22-27)21-19-28(37)23-26-15-17-29(18-16-26)44-35-34(42)33(41)31(39)24-43-35/h10-12,15-18,22,31,33-35,39,41-42H,3-9,13-14,19-21,23-24H2,1-2H3/i10D,11D,12D,22D. The van der Waals surface area contributed by atoms with Gasteiger partial charge in [0, 0.05) is 44.3 Å². The van der Waals surface area contributed by atoms with Gasteiger partial charge in [0.15, 0.2) is 5.78 Å². The molecule has 4 unspecified atom stereocenters. The molecule has 9 heteroatoms. The maximum atomic E-state index is 12.9. The van der Waals surface area contributed by atoms with E-state index in [1.165, 1.54) is 6.92 Å². The van der Waals surface area contributed by atoms with E-state index >= 15 is 0 Å². The van der Waals surface area contributed by atoms with E-state index in [1.54, 1.807) is 29.2 Å². The van der Waals surface area contributed by atoms with Gasteiger partial charge >= 0.3 is 0 Å². The topological polar surface area (TPSA) is 134 Å². The molecule has 0 spiro atoms. The predicted octanol–water partition coefficient (Wildman–Crippen LogP) is 4.56. The molecule has 1 saturated heterocycles. The first-order valence-electron chi connectivity index (χ1n) is 17.7. The van der Waals surface area contributed by atoms with Crippen molar-refractivity contribution in [3.63, 3.8) is 0 Å². The lowest BCUT2D eigenvalue weighted by molar-refractivity contribution is -0.242. The van der Waals surface area contributed by atoms with E-state index in [0.29, 0.717) is 31.7 Å². The summed E-state index contributed by atoms with van der Waals surface area (Å²) in [7, 11) is 0. The third kappa shape index (κ3) is 11.8. The molecule has 1 aliphatic rings. The Kier molecular flexibility index (Phi) is 12.5. The Morgan fingerprint density at radius 1 is 0.932 bits per heavy atom. The van der Waals surface area contributed by atoms with Crippen LogP contribution in [0, 0.1) is 6.92 Å². The Morgan fingerprint density at radius 3 is 2.41 bits per heavy atom. The highest BCUT2D eigenvalue weighted by Gasteiger charge is 2.39. The molecule has 1 aliphatic heterocycles. The molecule has 1 heterocycles. The molecule has 3 rings (SSSR count). The number of ketones is 2. The minimum Gasteiger partial charge on any atom is -0.462 e. The van der Waals surface area contributed by atoms with Gasteiger partial charge in [-0.05, 0) is 49.9 Å². The Balaban J connectivity index is 1.41. The van der Waals surface area contributed by atoms with Crippen LogP contribution in [-0.4, -0.2) is 82.0 Å². The molecule has 1 fully saturated rings. The maximum absolute atomic E-state index is 12.9. The average molecular weight is 616 g/mol. The summed E-state index contributed by atoms with van der Waals surface area (Å²) < 4.78 is 42.8. The van der Waals surface area contributed by atoms with E-state index in [0.717, 1.165) is 44.1 Å². The Bertz CT molecular complexity index is 1360. The normalized spacial score (nSPS) is 21.1. The lowest BCUT2D eigenvalue weighted by Gasteiger charge is -2.34. The molecular weight excluding hydrogens is 562 g/mol. The first-order valence-corrected chi connectivity index (χ1v) is 15.7. The van der Waals surface area contributed by atoms with Crippen LogP contribution >= 0.6 is 0 Å². The van der Waals surface area contributed by atoms with Gasteiger partial charge in [-0.25, -0.2) is 0 Å². The molecule has 2 aromatic carbocycles. The number of nitrogens with zero attached hydrogens (tertiary/aromatic N) is 1. The first-order chi connectivity index (χ1) is 22.8. The molecule has 0 aliphatic carbocycles.